The third kappa shape index (κ3) is 2.37. The van der Waals surface area contributed by atoms with Crippen molar-refractivity contribution in [3.05, 3.63) is 49.1 Å². The summed E-state index contributed by atoms with van der Waals surface area (Å²) in [6, 6.07) is 8.28. The monoisotopic (exact) mass is 266 g/mol. The Morgan fingerprint density at radius 1 is 1.20 bits per heavy atom. The van der Waals surface area contributed by atoms with Gasteiger partial charge in [0.15, 0.2) is 0 Å². The normalized spacial score (nSPS) is 10.8. The Hall–Kier alpha value is -2.36. The highest BCUT2D eigenvalue weighted by Gasteiger charge is 2.07. The molecule has 0 saturated heterocycles. The number of unbranched alkanes of at least 4 members (excludes halogenated alkanes) is 1. The number of anilines is 1. The van der Waals surface area contributed by atoms with Crippen LogP contribution in [0.15, 0.2) is 49.1 Å². The molecular weight excluding hydrogens is 248 g/mol. The minimum absolute atomic E-state index is 0.884. The van der Waals surface area contributed by atoms with Gasteiger partial charge in [0.1, 0.15) is 0 Å². The Morgan fingerprint density at radius 3 is 3.05 bits per heavy atom. The molecular formula is C16H18N4. The summed E-state index contributed by atoms with van der Waals surface area (Å²) in [5.74, 6) is 0.884. The number of benzene rings is 1. The molecule has 0 aliphatic heterocycles. The van der Waals surface area contributed by atoms with Gasteiger partial charge in [0.2, 0.25) is 5.95 Å². The third-order valence-corrected chi connectivity index (χ3v) is 3.37. The zero-order chi connectivity index (χ0) is 13.8. The van der Waals surface area contributed by atoms with Crippen LogP contribution in [0, 0.1) is 0 Å². The quantitative estimate of drug-likeness (QED) is 0.717. The third-order valence-electron chi connectivity index (χ3n) is 3.37. The molecule has 3 aromatic rings. The molecule has 2 heterocycles. The van der Waals surface area contributed by atoms with Gasteiger partial charge < -0.3 is 5.32 Å². The van der Waals surface area contributed by atoms with Crippen molar-refractivity contribution in [1.82, 2.24) is 14.5 Å². The van der Waals surface area contributed by atoms with Crippen LogP contribution in [0.1, 0.15) is 19.8 Å². The number of imidazole rings is 1. The van der Waals surface area contributed by atoms with Crippen LogP contribution in [0.5, 0.6) is 0 Å². The molecule has 0 aliphatic rings. The Morgan fingerprint density at radius 2 is 2.15 bits per heavy atom. The minimum atomic E-state index is 0.884. The van der Waals surface area contributed by atoms with E-state index in [-0.39, 0.29) is 0 Å². The van der Waals surface area contributed by atoms with Crippen LogP contribution in [-0.4, -0.2) is 21.1 Å². The van der Waals surface area contributed by atoms with E-state index in [1.807, 2.05) is 30.9 Å². The molecule has 0 unspecified atom stereocenters. The van der Waals surface area contributed by atoms with Crippen molar-refractivity contribution in [2.24, 2.45) is 0 Å². The second-order valence-corrected chi connectivity index (χ2v) is 4.78. The van der Waals surface area contributed by atoms with E-state index in [0.29, 0.717) is 0 Å². The predicted molar refractivity (Wildman–Crippen MR) is 82.3 cm³/mol. The van der Waals surface area contributed by atoms with Crippen molar-refractivity contribution >= 4 is 16.7 Å². The van der Waals surface area contributed by atoms with Gasteiger partial charge in [-0.1, -0.05) is 25.5 Å². The fourth-order valence-corrected chi connectivity index (χ4v) is 2.31. The summed E-state index contributed by atoms with van der Waals surface area (Å²) in [7, 11) is 0. The molecule has 2 aromatic heterocycles. The molecule has 4 nitrogen and oxygen atoms in total. The Balaban J connectivity index is 2.01. The van der Waals surface area contributed by atoms with E-state index < -0.39 is 0 Å². The number of rotatable bonds is 5. The second-order valence-electron chi connectivity index (χ2n) is 4.78. The Labute approximate surface area is 118 Å². The zero-order valence-corrected chi connectivity index (χ0v) is 11.6. The molecule has 1 N–H and O–H groups in total. The molecule has 0 radical (unpaired) electrons. The SMILES string of the molecule is CCCCNc1nccn1-c1cccc2ccncc12. The van der Waals surface area contributed by atoms with Gasteiger partial charge in [0.05, 0.1) is 5.69 Å². The highest BCUT2D eigenvalue weighted by atomic mass is 15.2. The van der Waals surface area contributed by atoms with Crippen LogP contribution in [-0.2, 0) is 0 Å². The highest BCUT2D eigenvalue weighted by Crippen LogP contribution is 2.23. The average Bonchev–Trinajstić information content (AvgIpc) is 2.95. The van der Waals surface area contributed by atoms with E-state index in [1.54, 1.807) is 0 Å². The highest BCUT2D eigenvalue weighted by molar-refractivity contribution is 5.89. The first-order valence-electron chi connectivity index (χ1n) is 7.00. The van der Waals surface area contributed by atoms with Gasteiger partial charge in [-0.2, -0.15) is 0 Å². The largest absolute Gasteiger partial charge is 0.355 e. The van der Waals surface area contributed by atoms with Crippen molar-refractivity contribution in [3.8, 4) is 5.69 Å². The molecule has 0 spiro atoms. The van der Waals surface area contributed by atoms with Gasteiger partial charge in [0.25, 0.3) is 0 Å². The van der Waals surface area contributed by atoms with E-state index in [2.05, 4.69) is 45.0 Å². The van der Waals surface area contributed by atoms with Crippen LogP contribution < -0.4 is 5.32 Å². The van der Waals surface area contributed by atoms with Crippen molar-refractivity contribution in [3.63, 3.8) is 0 Å². The summed E-state index contributed by atoms with van der Waals surface area (Å²) < 4.78 is 2.08. The second kappa shape index (κ2) is 5.74. The smallest absolute Gasteiger partial charge is 0.207 e. The molecule has 0 fully saturated rings. The first kappa shape index (κ1) is 12.7. The molecule has 1 aromatic carbocycles. The van der Waals surface area contributed by atoms with Crippen molar-refractivity contribution in [2.45, 2.75) is 19.8 Å². The number of aromatic nitrogens is 3. The number of nitrogens with zero attached hydrogens (tertiary/aromatic N) is 3. The molecule has 4 heteroatoms. The summed E-state index contributed by atoms with van der Waals surface area (Å²) >= 11 is 0. The summed E-state index contributed by atoms with van der Waals surface area (Å²) in [4.78, 5) is 8.64. The maximum Gasteiger partial charge on any atom is 0.207 e. The van der Waals surface area contributed by atoms with Gasteiger partial charge in [-0.15, -0.1) is 0 Å². The lowest BCUT2D eigenvalue weighted by Crippen LogP contribution is -2.07. The van der Waals surface area contributed by atoms with Crippen LogP contribution in [0.4, 0.5) is 5.95 Å². The van der Waals surface area contributed by atoms with Crippen molar-refractivity contribution in [2.75, 3.05) is 11.9 Å². The first-order chi connectivity index (χ1) is 9.90. The maximum atomic E-state index is 4.40. The summed E-state index contributed by atoms with van der Waals surface area (Å²) in [5.41, 5.74) is 1.10. The van der Waals surface area contributed by atoms with Crippen LogP contribution in [0.25, 0.3) is 16.5 Å². The molecule has 20 heavy (non-hydrogen) atoms. The van der Waals surface area contributed by atoms with Gasteiger partial charge in [-0.05, 0) is 23.9 Å². The number of hydrogen-bond acceptors (Lipinski definition) is 3. The van der Waals surface area contributed by atoms with Gasteiger partial charge in [-0.25, -0.2) is 4.98 Å². The topological polar surface area (TPSA) is 42.7 Å². The summed E-state index contributed by atoms with van der Waals surface area (Å²) in [6.45, 7) is 3.13. The molecule has 3 rings (SSSR count). The van der Waals surface area contributed by atoms with Crippen LogP contribution in [0.3, 0.4) is 0 Å². The molecule has 102 valence electrons. The lowest BCUT2D eigenvalue weighted by atomic mass is 10.1. The number of nitrogens with one attached hydrogen (secondary N) is 1. The van der Waals surface area contributed by atoms with Gasteiger partial charge in [0, 0.05) is 36.7 Å². The van der Waals surface area contributed by atoms with Crippen molar-refractivity contribution < 1.29 is 0 Å². The van der Waals surface area contributed by atoms with E-state index >= 15 is 0 Å². The number of fused-ring (bicyclic) bond motifs is 1. The molecule has 0 saturated carbocycles. The van der Waals surface area contributed by atoms with Gasteiger partial charge >= 0.3 is 0 Å². The summed E-state index contributed by atoms with van der Waals surface area (Å²) in [5, 5.41) is 5.71. The number of pyridine rings is 1. The fraction of sp³-hybridized carbons (Fsp3) is 0.250. The summed E-state index contributed by atoms with van der Waals surface area (Å²) in [6.07, 6.45) is 9.84. The van der Waals surface area contributed by atoms with Crippen molar-refractivity contribution in [1.29, 1.82) is 0 Å². The lowest BCUT2D eigenvalue weighted by Gasteiger charge is -2.11. The zero-order valence-electron chi connectivity index (χ0n) is 11.6. The molecule has 0 amide bonds. The molecule has 0 aliphatic carbocycles. The van der Waals surface area contributed by atoms with Gasteiger partial charge in [-0.3, -0.25) is 9.55 Å². The first-order valence-corrected chi connectivity index (χ1v) is 7.00. The minimum Gasteiger partial charge on any atom is -0.355 e. The van der Waals surface area contributed by atoms with E-state index in [0.717, 1.165) is 30.0 Å². The Bertz CT molecular complexity index is 697. The predicted octanol–water partition coefficient (Wildman–Crippen LogP) is 3.63. The Kier molecular flexibility index (Phi) is 3.63. The number of hydrogen-bond donors (Lipinski definition) is 1. The van der Waals surface area contributed by atoms with E-state index in [4.69, 9.17) is 0 Å². The average molecular weight is 266 g/mol. The molecule has 0 bridgehead atoms. The standard InChI is InChI=1S/C16H18N4/c1-2-3-8-18-16-19-10-11-20(16)15-6-4-5-13-7-9-17-12-14(13)15/h4-7,9-12H,2-3,8H2,1H3,(H,18,19). The fourth-order valence-electron chi connectivity index (χ4n) is 2.31. The van der Waals surface area contributed by atoms with E-state index in [1.165, 1.54) is 11.8 Å². The molecule has 0 atom stereocenters. The lowest BCUT2D eigenvalue weighted by molar-refractivity contribution is 0.823. The van der Waals surface area contributed by atoms with E-state index in [9.17, 15) is 0 Å². The van der Waals surface area contributed by atoms with Crippen LogP contribution in [0.2, 0.25) is 0 Å². The van der Waals surface area contributed by atoms with Crippen LogP contribution >= 0.6 is 0 Å². The maximum absolute atomic E-state index is 4.40.